The lowest BCUT2D eigenvalue weighted by molar-refractivity contribution is -0.119. The van der Waals surface area contributed by atoms with Crippen LogP contribution in [0.2, 0.25) is 0 Å². The summed E-state index contributed by atoms with van der Waals surface area (Å²) in [4.78, 5) is 12.4. The van der Waals surface area contributed by atoms with Gasteiger partial charge in [0, 0.05) is 16.9 Å². The summed E-state index contributed by atoms with van der Waals surface area (Å²) in [6.07, 6.45) is 0.775. The second kappa shape index (κ2) is 6.19. The molecule has 0 radical (unpaired) electrons. The average molecular weight is 282 g/mol. The van der Waals surface area contributed by atoms with Crippen molar-refractivity contribution in [2.45, 2.75) is 25.2 Å². The van der Waals surface area contributed by atoms with Crippen molar-refractivity contribution in [1.29, 1.82) is 0 Å². The van der Waals surface area contributed by atoms with Crippen molar-refractivity contribution in [3.05, 3.63) is 18.2 Å². The molecule has 1 aromatic rings. The van der Waals surface area contributed by atoms with Crippen molar-refractivity contribution in [3.63, 3.8) is 0 Å². The number of fused-ring (bicyclic) bond motifs is 1. The molecule has 1 heterocycles. The summed E-state index contributed by atoms with van der Waals surface area (Å²) >= 11 is 0. The van der Waals surface area contributed by atoms with Gasteiger partial charge in [-0.15, -0.1) is 0 Å². The third-order valence-electron chi connectivity index (χ3n) is 3.21. The molecule has 2 rings (SSSR count). The van der Waals surface area contributed by atoms with Gasteiger partial charge in [-0.1, -0.05) is 13.8 Å². The smallest absolute Gasteiger partial charge is 0.162 e. The molecule has 0 bridgehead atoms. The number of ketones is 1. The summed E-state index contributed by atoms with van der Waals surface area (Å²) in [7, 11) is -1.32. The lowest BCUT2D eigenvalue weighted by Gasteiger charge is -2.18. The van der Waals surface area contributed by atoms with Crippen LogP contribution in [0, 0.1) is 5.92 Å². The van der Waals surface area contributed by atoms with Crippen molar-refractivity contribution >= 4 is 16.6 Å². The Kier molecular flexibility index (Phi) is 4.58. The molecule has 1 aliphatic rings. The number of rotatable bonds is 5. The molecule has 0 aliphatic carbocycles. The van der Waals surface area contributed by atoms with Gasteiger partial charge in [0.05, 0.1) is 16.6 Å². The molecule has 0 N–H and O–H groups in total. The molecule has 1 aliphatic heterocycles. The van der Waals surface area contributed by atoms with Crippen molar-refractivity contribution in [2.24, 2.45) is 5.92 Å². The molecule has 0 fully saturated rings. The second-order valence-electron chi connectivity index (χ2n) is 4.57. The van der Waals surface area contributed by atoms with E-state index < -0.39 is 10.8 Å². The van der Waals surface area contributed by atoms with Gasteiger partial charge in [0.25, 0.3) is 0 Å². The van der Waals surface area contributed by atoms with Gasteiger partial charge in [-0.2, -0.15) is 0 Å². The molecule has 0 saturated carbocycles. The zero-order chi connectivity index (χ0) is 13.8. The van der Waals surface area contributed by atoms with Gasteiger partial charge >= 0.3 is 0 Å². The van der Waals surface area contributed by atoms with Gasteiger partial charge in [0.1, 0.15) is 19.0 Å². The minimum Gasteiger partial charge on any atom is -0.486 e. The quantitative estimate of drug-likeness (QED) is 0.830. The normalized spacial score (nSPS) is 16.7. The lowest BCUT2D eigenvalue weighted by atomic mass is 10.1. The second-order valence-corrected chi connectivity index (χ2v) is 6.02. The SMILES string of the molecule is CCC(C)C(=O)CS(=O)c1ccc2c(c1)OCCO2. The van der Waals surface area contributed by atoms with E-state index in [9.17, 15) is 9.00 Å². The zero-order valence-corrected chi connectivity index (χ0v) is 12.0. The summed E-state index contributed by atoms with van der Waals surface area (Å²) in [6.45, 7) is 4.84. The van der Waals surface area contributed by atoms with E-state index in [2.05, 4.69) is 0 Å². The first kappa shape index (κ1) is 14.1. The first-order valence-corrected chi connectivity index (χ1v) is 7.74. The fourth-order valence-electron chi connectivity index (χ4n) is 1.75. The monoisotopic (exact) mass is 282 g/mol. The van der Waals surface area contributed by atoms with E-state index in [-0.39, 0.29) is 17.5 Å². The van der Waals surface area contributed by atoms with Crippen LogP contribution in [0.15, 0.2) is 23.1 Å². The highest BCUT2D eigenvalue weighted by Gasteiger charge is 2.18. The Hall–Kier alpha value is -1.36. The number of carbonyl (C=O) groups is 1. The first-order chi connectivity index (χ1) is 9.11. The van der Waals surface area contributed by atoms with Gasteiger partial charge in [-0.25, -0.2) is 0 Å². The van der Waals surface area contributed by atoms with E-state index in [4.69, 9.17) is 9.47 Å². The van der Waals surface area contributed by atoms with E-state index in [0.29, 0.717) is 29.6 Å². The maximum Gasteiger partial charge on any atom is 0.162 e. The highest BCUT2D eigenvalue weighted by molar-refractivity contribution is 7.85. The number of ether oxygens (including phenoxy) is 2. The zero-order valence-electron chi connectivity index (χ0n) is 11.2. The molecule has 2 atom stereocenters. The molecule has 4 nitrogen and oxygen atoms in total. The van der Waals surface area contributed by atoms with Crippen LogP contribution < -0.4 is 9.47 Å². The number of Topliss-reactive ketones (excluding diaryl/α,β-unsaturated/α-hetero) is 1. The van der Waals surface area contributed by atoms with Crippen LogP contribution in [0.25, 0.3) is 0 Å². The van der Waals surface area contributed by atoms with Crippen molar-refractivity contribution in [1.82, 2.24) is 0 Å². The van der Waals surface area contributed by atoms with Crippen LogP contribution in [0.3, 0.4) is 0 Å². The maximum absolute atomic E-state index is 12.2. The van der Waals surface area contributed by atoms with Crippen LogP contribution in [0.5, 0.6) is 11.5 Å². The highest BCUT2D eigenvalue weighted by Crippen LogP contribution is 2.31. The van der Waals surface area contributed by atoms with Crippen molar-refractivity contribution < 1.29 is 18.5 Å². The van der Waals surface area contributed by atoms with E-state index >= 15 is 0 Å². The number of benzene rings is 1. The predicted octanol–water partition coefficient (Wildman–Crippen LogP) is 2.18. The Morgan fingerprint density at radius 3 is 2.68 bits per heavy atom. The Morgan fingerprint density at radius 2 is 2.00 bits per heavy atom. The summed E-state index contributed by atoms with van der Waals surface area (Å²) in [5.41, 5.74) is 0. The summed E-state index contributed by atoms with van der Waals surface area (Å²) < 4.78 is 23.0. The van der Waals surface area contributed by atoms with E-state index in [1.54, 1.807) is 18.2 Å². The van der Waals surface area contributed by atoms with Crippen LogP contribution >= 0.6 is 0 Å². The Bertz CT molecular complexity index is 498. The molecule has 1 aromatic carbocycles. The fourth-order valence-corrected chi connectivity index (χ4v) is 2.92. The van der Waals surface area contributed by atoms with Crippen LogP contribution in [-0.4, -0.2) is 29.0 Å². The Labute approximate surface area is 115 Å². The lowest BCUT2D eigenvalue weighted by Crippen LogP contribution is -2.19. The van der Waals surface area contributed by atoms with Gasteiger partial charge < -0.3 is 9.47 Å². The van der Waals surface area contributed by atoms with Crippen LogP contribution in [0.1, 0.15) is 20.3 Å². The van der Waals surface area contributed by atoms with Gasteiger partial charge in [0.15, 0.2) is 11.5 Å². The summed E-state index contributed by atoms with van der Waals surface area (Å²) in [6, 6.07) is 5.18. The van der Waals surface area contributed by atoms with Crippen molar-refractivity contribution in [3.8, 4) is 11.5 Å². The minimum absolute atomic E-state index is 0.0377. The summed E-state index contributed by atoms with van der Waals surface area (Å²) in [5, 5.41) is 0. The molecule has 0 aromatic heterocycles. The molecular weight excluding hydrogens is 264 g/mol. The Morgan fingerprint density at radius 1 is 1.32 bits per heavy atom. The number of carbonyl (C=O) groups excluding carboxylic acids is 1. The predicted molar refractivity (Wildman–Crippen MR) is 73.2 cm³/mol. The van der Waals surface area contributed by atoms with Gasteiger partial charge in [-0.05, 0) is 18.6 Å². The molecule has 2 unspecified atom stereocenters. The highest BCUT2D eigenvalue weighted by atomic mass is 32.2. The fraction of sp³-hybridized carbons (Fsp3) is 0.500. The van der Waals surface area contributed by atoms with E-state index in [0.717, 1.165) is 6.42 Å². The standard InChI is InChI=1S/C14H18O4S/c1-3-10(2)12(15)9-19(16)11-4-5-13-14(8-11)18-7-6-17-13/h4-5,8,10H,3,6-7,9H2,1-2H3. The molecule has 0 amide bonds. The number of hydrogen-bond donors (Lipinski definition) is 0. The van der Waals surface area contributed by atoms with Gasteiger partial charge in [0.2, 0.25) is 0 Å². The number of hydrogen-bond acceptors (Lipinski definition) is 4. The molecule has 19 heavy (non-hydrogen) atoms. The molecule has 0 saturated heterocycles. The topological polar surface area (TPSA) is 52.6 Å². The maximum atomic E-state index is 12.2. The molecule has 104 valence electrons. The third kappa shape index (κ3) is 3.35. The summed E-state index contributed by atoms with van der Waals surface area (Å²) in [5.74, 6) is 1.33. The van der Waals surface area contributed by atoms with E-state index in [1.165, 1.54) is 0 Å². The largest absolute Gasteiger partial charge is 0.486 e. The van der Waals surface area contributed by atoms with Crippen molar-refractivity contribution in [2.75, 3.05) is 19.0 Å². The minimum atomic E-state index is -1.32. The molecule has 5 heteroatoms. The third-order valence-corrected chi connectivity index (χ3v) is 4.54. The van der Waals surface area contributed by atoms with Crippen LogP contribution in [0.4, 0.5) is 0 Å². The molecular formula is C14H18O4S. The molecule has 0 spiro atoms. The van der Waals surface area contributed by atoms with E-state index in [1.807, 2.05) is 13.8 Å². The van der Waals surface area contributed by atoms with Crippen LogP contribution in [-0.2, 0) is 15.6 Å². The first-order valence-electron chi connectivity index (χ1n) is 6.42. The van der Waals surface area contributed by atoms with Gasteiger partial charge in [-0.3, -0.25) is 9.00 Å². The average Bonchev–Trinajstić information content (AvgIpc) is 2.45. The Balaban J connectivity index is 2.09.